The third-order valence-electron chi connectivity index (χ3n) is 11.5. The van der Waals surface area contributed by atoms with E-state index in [1.165, 1.54) is 38.2 Å². The molecule has 0 aliphatic heterocycles. The van der Waals surface area contributed by atoms with Gasteiger partial charge in [-0.3, -0.25) is 0 Å². The molecule has 10 aromatic carbocycles. The maximum atomic E-state index is 7.01. The Kier molecular flexibility index (Phi) is 8.19. The lowest BCUT2D eigenvalue weighted by molar-refractivity contribution is 0.670. The minimum absolute atomic E-state index is 0.859. The van der Waals surface area contributed by atoms with Gasteiger partial charge in [0.1, 0.15) is 11.2 Å². The molecule has 2 heteroatoms. The summed E-state index contributed by atoms with van der Waals surface area (Å²) in [5, 5.41) is 7.03. The molecule has 0 saturated carbocycles. The molecule has 0 unspecified atom stereocenters. The van der Waals surface area contributed by atoms with Crippen molar-refractivity contribution < 1.29 is 4.42 Å². The summed E-state index contributed by atoms with van der Waals surface area (Å²) < 4.78 is 7.01. The second-order valence-electron chi connectivity index (χ2n) is 14.8. The van der Waals surface area contributed by atoms with E-state index in [2.05, 4.69) is 229 Å². The molecule has 58 heavy (non-hydrogen) atoms. The summed E-state index contributed by atoms with van der Waals surface area (Å²) in [4.78, 5) is 2.43. The molecule has 0 aliphatic carbocycles. The number of para-hydroxylation sites is 2. The molecule has 0 radical (unpaired) electrons. The van der Waals surface area contributed by atoms with E-state index in [0.717, 1.165) is 66.8 Å². The van der Waals surface area contributed by atoms with Crippen LogP contribution in [0.4, 0.5) is 17.1 Å². The molecule has 2 nitrogen and oxygen atoms in total. The van der Waals surface area contributed by atoms with Crippen molar-refractivity contribution in [1.82, 2.24) is 0 Å². The van der Waals surface area contributed by atoms with Crippen LogP contribution in [-0.4, -0.2) is 0 Å². The lowest BCUT2D eigenvalue weighted by Gasteiger charge is -2.29. The molecule has 11 rings (SSSR count). The molecule has 0 amide bonds. The van der Waals surface area contributed by atoms with Crippen molar-refractivity contribution in [1.29, 1.82) is 0 Å². The fourth-order valence-corrected chi connectivity index (χ4v) is 8.84. The van der Waals surface area contributed by atoms with E-state index >= 15 is 0 Å². The normalized spacial score (nSPS) is 11.4. The van der Waals surface area contributed by atoms with Crippen LogP contribution >= 0.6 is 0 Å². The first kappa shape index (κ1) is 33.6. The van der Waals surface area contributed by atoms with Gasteiger partial charge in [-0.05, 0) is 97.4 Å². The van der Waals surface area contributed by atoms with Crippen molar-refractivity contribution >= 4 is 60.5 Å². The molecule has 0 aliphatic rings. The Bertz CT molecular complexity index is 3290. The highest BCUT2D eigenvalue weighted by Crippen LogP contribution is 2.50. The Labute approximate surface area is 337 Å². The van der Waals surface area contributed by atoms with Crippen LogP contribution in [0, 0.1) is 0 Å². The van der Waals surface area contributed by atoms with Crippen molar-refractivity contribution in [2.45, 2.75) is 0 Å². The van der Waals surface area contributed by atoms with E-state index < -0.39 is 0 Å². The van der Waals surface area contributed by atoms with Crippen LogP contribution in [0.2, 0.25) is 0 Å². The monoisotopic (exact) mass is 739 g/mol. The molecular formula is C56H37NO. The van der Waals surface area contributed by atoms with Gasteiger partial charge in [0.15, 0.2) is 0 Å². The van der Waals surface area contributed by atoms with Gasteiger partial charge in [0.2, 0.25) is 0 Å². The maximum absolute atomic E-state index is 7.01. The lowest BCUT2D eigenvalue weighted by atomic mass is 9.91. The summed E-state index contributed by atoms with van der Waals surface area (Å²) in [5.74, 6) is 0. The Morgan fingerprint density at radius 1 is 0.310 bits per heavy atom. The summed E-state index contributed by atoms with van der Waals surface area (Å²) in [6.45, 7) is 0. The number of furan rings is 1. The zero-order chi connectivity index (χ0) is 38.4. The third-order valence-corrected chi connectivity index (χ3v) is 11.5. The van der Waals surface area contributed by atoms with Crippen molar-refractivity contribution in [2.24, 2.45) is 0 Å². The minimum Gasteiger partial charge on any atom is -0.455 e. The predicted molar refractivity (Wildman–Crippen MR) is 245 cm³/mol. The SMILES string of the molecule is c1ccc(-c2ccccc2-c2cccc(N(c3ccccc3-c3ccccc3)c3ccc(-c4cc5ccccc5c5ccccc45)c4oc5ccccc5c34)c2)cc1. The Morgan fingerprint density at radius 2 is 0.879 bits per heavy atom. The number of benzene rings is 10. The average molecular weight is 740 g/mol. The Balaban J connectivity index is 1.20. The smallest absolute Gasteiger partial charge is 0.145 e. The Hall–Kier alpha value is -7.68. The first-order valence-electron chi connectivity index (χ1n) is 19.8. The van der Waals surface area contributed by atoms with Gasteiger partial charge in [0.25, 0.3) is 0 Å². The van der Waals surface area contributed by atoms with Gasteiger partial charge in [-0.1, -0.05) is 182 Å². The molecular weight excluding hydrogens is 703 g/mol. The second kappa shape index (κ2) is 14.1. The molecule has 0 bridgehead atoms. The third kappa shape index (κ3) is 5.66. The van der Waals surface area contributed by atoms with Gasteiger partial charge in [0, 0.05) is 22.2 Å². The second-order valence-corrected chi connectivity index (χ2v) is 14.8. The van der Waals surface area contributed by atoms with Crippen molar-refractivity contribution in [3.8, 4) is 44.5 Å². The molecule has 272 valence electrons. The van der Waals surface area contributed by atoms with E-state index in [1.54, 1.807) is 0 Å². The van der Waals surface area contributed by atoms with Gasteiger partial charge in [-0.2, -0.15) is 0 Å². The van der Waals surface area contributed by atoms with Crippen LogP contribution in [0.5, 0.6) is 0 Å². The van der Waals surface area contributed by atoms with Crippen LogP contribution in [0.15, 0.2) is 229 Å². The summed E-state index contributed by atoms with van der Waals surface area (Å²) in [6, 6.07) is 80.5. The zero-order valence-corrected chi connectivity index (χ0v) is 31.7. The van der Waals surface area contributed by atoms with E-state index in [-0.39, 0.29) is 0 Å². The van der Waals surface area contributed by atoms with Crippen LogP contribution in [0.3, 0.4) is 0 Å². The number of rotatable bonds is 7. The topological polar surface area (TPSA) is 16.4 Å². The number of hydrogen-bond acceptors (Lipinski definition) is 2. The molecule has 0 fully saturated rings. The molecule has 11 aromatic rings. The van der Waals surface area contributed by atoms with Crippen molar-refractivity contribution in [2.75, 3.05) is 4.90 Å². The lowest BCUT2D eigenvalue weighted by Crippen LogP contribution is -2.12. The van der Waals surface area contributed by atoms with E-state index in [0.29, 0.717) is 0 Å². The minimum atomic E-state index is 0.859. The largest absolute Gasteiger partial charge is 0.455 e. The summed E-state index contributed by atoms with van der Waals surface area (Å²) in [5.41, 5.74) is 14.2. The predicted octanol–water partition coefficient (Wildman–Crippen LogP) is 16.0. The van der Waals surface area contributed by atoms with Crippen LogP contribution in [0.25, 0.3) is 88.0 Å². The summed E-state index contributed by atoms with van der Waals surface area (Å²) in [6.07, 6.45) is 0. The molecule has 0 atom stereocenters. The first-order chi connectivity index (χ1) is 28.8. The molecule has 1 aromatic heterocycles. The summed E-state index contributed by atoms with van der Waals surface area (Å²) >= 11 is 0. The fraction of sp³-hybridized carbons (Fsp3) is 0. The van der Waals surface area contributed by atoms with Gasteiger partial charge >= 0.3 is 0 Å². The first-order valence-corrected chi connectivity index (χ1v) is 19.8. The van der Waals surface area contributed by atoms with Crippen LogP contribution in [0.1, 0.15) is 0 Å². The van der Waals surface area contributed by atoms with Crippen molar-refractivity contribution in [3.05, 3.63) is 224 Å². The fourth-order valence-electron chi connectivity index (χ4n) is 8.84. The Morgan fingerprint density at radius 3 is 1.66 bits per heavy atom. The standard InChI is InChI=1S/C56H37NO/c1-3-18-38(19-4-1)43-25-9-10-26-44(43)40-23-17-24-42(36-40)57(52-32-15-13-28-46(52)39-20-5-2-6-21-39)53-35-34-49(56-55(53)50-31-14-16-33-54(50)58-56)51-37-41-22-7-8-27-45(41)47-29-11-12-30-48(47)51/h1-37H. The van der Waals surface area contributed by atoms with Crippen molar-refractivity contribution in [3.63, 3.8) is 0 Å². The number of nitrogens with zero attached hydrogens (tertiary/aromatic N) is 1. The molecule has 0 N–H and O–H groups in total. The quantitative estimate of drug-likeness (QED) is 0.151. The van der Waals surface area contributed by atoms with Gasteiger partial charge in [0.05, 0.1) is 16.8 Å². The highest BCUT2D eigenvalue weighted by atomic mass is 16.3. The highest BCUT2D eigenvalue weighted by molar-refractivity contribution is 6.21. The maximum Gasteiger partial charge on any atom is 0.145 e. The van der Waals surface area contributed by atoms with E-state index in [9.17, 15) is 0 Å². The number of anilines is 3. The van der Waals surface area contributed by atoms with Gasteiger partial charge in [-0.25, -0.2) is 0 Å². The van der Waals surface area contributed by atoms with E-state index in [1.807, 2.05) is 0 Å². The number of hydrogen-bond donors (Lipinski definition) is 0. The zero-order valence-electron chi connectivity index (χ0n) is 31.7. The molecule has 1 heterocycles. The van der Waals surface area contributed by atoms with Gasteiger partial charge < -0.3 is 9.32 Å². The number of fused-ring (bicyclic) bond motifs is 6. The van der Waals surface area contributed by atoms with Crippen LogP contribution in [-0.2, 0) is 0 Å². The van der Waals surface area contributed by atoms with Crippen LogP contribution < -0.4 is 4.90 Å². The average Bonchev–Trinajstić information content (AvgIpc) is 3.70. The van der Waals surface area contributed by atoms with E-state index in [4.69, 9.17) is 4.42 Å². The summed E-state index contributed by atoms with van der Waals surface area (Å²) in [7, 11) is 0. The highest BCUT2D eigenvalue weighted by Gasteiger charge is 2.25. The van der Waals surface area contributed by atoms with Gasteiger partial charge in [-0.15, -0.1) is 0 Å². The molecule has 0 spiro atoms. The molecule has 0 saturated heterocycles.